The van der Waals surface area contributed by atoms with Crippen molar-refractivity contribution in [3.8, 4) is 0 Å². The average molecular weight is 332 g/mol. The Labute approximate surface area is 140 Å². The first-order valence-corrected chi connectivity index (χ1v) is 7.65. The maximum absolute atomic E-state index is 11.8. The minimum Gasteiger partial charge on any atom is -0.354 e. The van der Waals surface area contributed by atoms with Crippen LogP contribution in [0.5, 0.6) is 0 Å². The van der Waals surface area contributed by atoms with Crippen LogP contribution in [0, 0.1) is 0 Å². The Balaban J connectivity index is 1.76. The minimum absolute atomic E-state index is 0.103. The van der Waals surface area contributed by atoms with E-state index in [9.17, 15) is 9.59 Å². The summed E-state index contributed by atoms with van der Waals surface area (Å²) in [7, 11) is 0. The van der Waals surface area contributed by atoms with Crippen molar-refractivity contribution in [2.24, 2.45) is 0 Å². The molecule has 0 aliphatic heterocycles. The first kappa shape index (κ1) is 17.0. The van der Waals surface area contributed by atoms with Crippen LogP contribution in [0.1, 0.15) is 28.9 Å². The molecule has 2 rings (SSSR count). The molecule has 0 unspecified atom stereocenters. The van der Waals surface area contributed by atoms with Crippen LogP contribution in [0.15, 0.2) is 48.7 Å². The molecule has 0 aliphatic carbocycles. The summed E-state index contributed by atoms with van der Waals surface area (Å²) < 4.78 is 0. The van der Waals surface area contributed by atoms with Crippen LogP contribution in [-0.2, 0) is 4.79 Å². The molecule has 1 aromatic carbocycles. The van der Waals surface area contributed by atoms with Gasteiger partial charge in [0.2, 0.25) is 5.91 Å². The van der Waals surface area contributed by atoms with Crippen molar-refractivity contribution in [3.05, 3.63) is 64.9 Å². The van der Waals surface area contributed by atoms with E-state index in [4.69, 9.17) is 11.6 Å². The molecule has 1 heterocycles. The van der Waals surface area contributed by atoms with Gasteiger partial charge in [-0.2, -0.15) is 0 Å². The SMILES string of the molecule is C[C@@H](CNC(=O)CNC(=O)c1cc(Cl)ccn1)c1ccccc1. The molecule has 0 fully saturated rings. The maximum Gasteiger partial charge on any atom is 0.270 e. The molecule has 2 N–H and O–H groups in total. The Morgan fingerprint density at radius 2 is 1.91 bits per heavy atom. The number of carbonyl (C=O) groups is 2. The molecule has 1 aromatic heterocycles. The molecule has 120 valence electrons. The molecular formula is C17H18ClN3O2. The molecule has 2 amide bonds. The summed E-state index contributed by atoms with van der Waals surface area (Å²) in [4.78, 5) is 27.6. The zero-order valence-corrected chi connectivity index (χ0v) is 13.5. The quantitative estimate of drug-likeness (QED) is 0.853. The van der Waals surface area contributed by atoms with E-state index in [1.807, 2.05) is 37.3 Å². The first-order valence-electron chi connectivity index (χ1n) is 7.27. The van der Waals surface area contributed by atoms with Crippen LogP contribution >= 0.6 is 11.6 Å². The Kier molecular flexibility index (Phi) is 6.11. The Morgan fingerprint density at radius 1 is 1.17 bits per heavy atom. The predicted octanol–water partition coefficient (Wildman–Crippen LogP) is 2.38. The van der Waals surface area contributed by atoms with Gasteiger partial charge in [0.1, 0.15) is 5.69 Å². The van der Waals surface area contributed by atoms with E-state index in [1.54, 1.807) is 6.07 Å². The van der Waals surface area contributed by atoms with E-state index in [0.29, 0.717) is 11.6 Å². The van der Waals surface area contributed by atoms with E-state index >= 15 is 0 Å². The standard InChI is InChI=1S/C17H18ClN3O2/c1-12(13-5-3-2-4-6-13)10-20-16(22)11-21-17(23)15-9-14(18)7-8-19-15/h2-9,12H,10-11H2,1H3,(H,20,22)(H,21,23)/t12-/m0/s1. The van der Waals surface area contributed by atoms with Gasteiger partial charge < -0.3 is 10.6 Å². The molecular weight excluding hydrogens is 314 g/mol. The largest absolute Gasteiger partial charge is 0.354 e. The van der Waals surface area contributed by atoms with Gasteiger partial charge in [-0.15, -0.1) is 0 Å². The van der Waals surface area contributed by atoms with Crippen LogP contribution in [0.3, 0.4) is 0 Å². The fourth-order valence-corrected chi connectivity index (χ4v) is 2.17. The van der Waals surface area contributed by atoms with Crippen LogP contribution < -0.4 is 10.6 Å². The summed E-state index contributed by atoms with van der Waals surface area (Å²) in [6.07, 6.45) is 1.44. The number of pyridine rings is 1. The summed E-state index contributed by atoms with van der Waals surface area (Å²) in [5, 5.41) is 5.74. The second-order valence-electron chi connectivity index (χ2n) is 5.16. The number of aromatic nitrogens is 1. The summed E-state index contributed by atoms with van der Waals surface area (Å²) in [6, 6.07) is 12.9. The van der Waals surface area contributed by atoms with Crippen molar-refractivity contribution >= 4 is 23.4 Å². The number of nitrogens with zero attached hydrogens (tertiary/aromatic N) is 1. The van der Waals surface area contributed by atoms with Crippen molar-refractivity contribution < 1.29 is 9.59 Å². The number of rotatable bonds is 6. The highest BCUT2D eigenvalue weighted by atomic mass is 35.5. The molecule has 6 heteroatoms. The summed E-state index contributed by atoms with van der Waals surface area (Å²) >= 11 is 5.80. The third-order valence-electron chi connectivity index (χ3n) is 3.34. The lowest BCUT2D eigenvalue weighted by atomic mass is 10.0. The molecule has 0 saturated carbocycles. The van der Waals surface area contributed by atoms with Gasteiger partial charge in [-0.05, 0) is 23.6 Å². The van der Waals surface area contributed by atoms with Gasteiger partial charge in [-0.3, -0.25) is 14.6 Å². The second kappa shape index (κ2) is 8.29. The van der Waals surface area contributed by atoms with Gasteiger partial charge in [-0.25, -0.2) is 0 Å². The number of carbonyl (C=O) groups excluding carboxylic acids is 2. The van der Waals surface area contributed by atoms with Crippen molar-refractivity contribution in [3.63, 3.8) is 0 Å². The maximum atomic E-state index is 11.8. The monoisotopic (exact) mass is 331 g/mol. The molecule has 0 aliphatic rings. The van der Waals surface area contributed by atoms with Crippen LogP contribution in [0.4, 0.5) is 0 Å². The lowest BCUT2D eigenvalue weighted by Crippen LogP contribution is -2.38. The number of hydrogen-bond donors (Lipinski definition) is 2. The molecule has 0 saturated heterocycles. The van der Waals surface area contributed by atoms with Crippen molar-refractivity contribution in [2.45, 2.75) is 12.8 Å². The molecule has 0 bridgehead atoms. The Morgan fingerprint density at radius 3 is 2.61 bits per heavy atom. The van der Waals surface area contributed by atoms with Gasteiger partial charge in [0.15, 0.2) is 0 Å². The minimum atomic E-state index is -0.432. The van der Waals surface area contributed by atoms with Gasteiger partial charge >= 0.3 is 0 Å². The number of halogens is 1. The van der Waals surface area contributed by atoms with E-state index in [1.165, 1.54) is 12.3 Å². The zero-order chi connectivity index (χ0) is 16.7. The topological polar surface area (TPSA) is 71.1 Å². The lowest BCUT2D eigenvalue weighted by Gasteiger charge is -2.13. The van der Waals surface area contributed by atoms with Gasteiger partial charge in [-0.1, -0.05) is 48.9 Å². The summed E-state index contributed by atoms with van der Waals surface area (Å²) in [6.45, 7) is 2.44. The van der Waals surface area contributed by atoms with E-state index < -0.39 is 5.91 Å². The van der Waals surface area contributed by atoms with Gasteiger partial charge in [0.05, 0.1) is 6.54 Å². The molecule has 2 aromatic rings. The normalized spacial score (nSPS) is 11.6. The second-order valence-corrected chi connectivity index (χ2v) is 5.59. The summed E-state index contributed by atoms with van der Waals surface area (Å²) in [5.74, 6) is -0.479. The van der Waals surface area contributed by atoms with Crippen molar-refractivity contribution in [2.75, 3.05) is 13.1 Å². The fourth-order valence-electron chi connectivity index (χ4n) is 2.01. The van der Waals surface area contributed by atoms with Crippen molar-refractivity contribution in [1.29, 1.82) is 0 Å². The molecule has 0 radical (unpaired) electrons. The van der Waals surface area contributed by atoms with Crippen LogP contribution in [0.2, 0.25) is 5.02 Å². The van der Waals surface area contributed by atoms with Crippen LogP contribution in [0.25, 0.3) is 0 Å². The van der Waals surface area contributed by atoms with Gasteiger partial charge in [0, 0.05) is 17.8 Å². The van der Waals surface area contributed by atoms with Gasteiger partial charge in [0.25, 0.3) is 5.91 Å². The third kappa shape index (κ3) is 5.38. The highest BCUT2D eigenvalue weighted by Gasteiger charge is 2.11. The van der Waals surface area contributed by atoms with Crippen molar-refractivity contribution in [1.82, 2.24) is 15.6 Å². The highest BCUT2D eigenvalue weighted by molar-refractivity contribution is 6.30. The predicted molar refractivity (Wildman–Crippen MR) is 89.4 cm³/mol. The van der Waals surface area contributed by atoms with E-state index in [2.05, 4.69) is 15.6 Å². The number of amides is 2. The van der Waals surface area contributed by atoms with E-state index in [-0.39, 0.29) is 24.1 Å². The molecule has 1 atom stereocenters. The van der Waals surface area contributed by atoms with E-state index in [0.717, 1.165) is 5.56 Å². The molecule has 5 nitrogen and oxygen atoms in total. The fraction of sp³-hybridized carbons (Fsp3) is 0.235. The number of benzene rings is 1. The summed E-state index contributed by atoms with van der Waals surface area (Å²) in [5.41, 5.74) is 1.34. The molecule has 23 heavy (non-hydrogen) atoms. The van der Waals surface area contributed by atoms with Crippen LogP contribution in [-0.4, -0.2) is 29.9 Å². The third-order valence-corrected chi connectivity index (χ3v) is 3.57. The smallest absolute Gasteiger partial charge is 0.270 e. The highest BCUT2D eigenvalue weighted by Crippen LogP contribution is 2.12. The average Bonchev–Trinajstić information content (AvgIpc) is 2.58. The Bertz CT molecular complexity index is 677. The first-order chi connectivity index (χ1) is 11.1. The Hall–Kier alpha value is -2.40. The number of nitrogens with one attached hydrogen (secondary N) is 2. The molecule has 0 spiro atoms. The lowest BCUT2D eigenvalue weighted by molar-refractivity contribution is -0.120. The zero-order valence-electron chi connectivity index (χ0n) is 12.8. The number of hydrogen-bond acceptors (Lipinski definition) is 3.